The average Bonchev–Trinajstić information content (AvgIpc) is 2.46. The van der Waals surface area contributed by atoms with E-state index in [9.17, 15) is 9.50 Å². The van der Waals surface area contributed by atoms with Crippen molar-refractivity contribution >= 4 is 5.69 Å². The summed E-state index contributed by atoms with van der Waals surface area (Å²) in [7, 11) is 0. The molecule has 3 rings (SSSR count). The third-order valence-electron chi connectivity index (χ3n) is 4.43. The lowest BCUT2D eigenvalue weighted by molar-refractivity contribution is 0.133. The lowest BCUT2D eigenvalue weighted by Crippen LogP contribution is -2.55. The highest BCUT2D eigenvalue weighted by atomic mass is 19.1. The lowest BCUT2D eigenvalue weighted by Gasteiger charge is -2.45. The Hall–Kier alpha value is -1.13. The number of anilines is 1. The molecule has 0 aromatic heterocycles. The topological polar surface area (TPSA) is 26.7 Å². The molecular weight excluding hydrogens is 243 g/mol. The van der Waals surface area contributed by atoms with Crippen molar-refractivity contribution in [3.8, 4) is 0 Å². The summed E-state index contributed by atoms with van der Waals surface area (Å²) >= 11 is 0. The summed E-state index contributed by atoms with van der Waals surface area (Å²) in [5.74, 6) is -0.300. The molecule has 0 amide bonds. The van der Waals surface area contributed by atoms with Crippen molar-refractivity contribution in [3.63, 3.8) is 0 Å². The van der Waals surface area contributed by atoms with Crippen LogP contribution >= 0.6 is 0 Å². The standard InChI is InChI=1S/C15H21FN2O/c16-14-5-3-6-15(13(14)11-19)18-9-8-17-7-2-1-4-12(17)10-18/h3,5-6,12,19H,1-2,4,7-11H2. The van der Waals surface area contributed by atoms with E-state index < -0.39 is 0 Å². The van der Waals surface area contributed by atoms with Gasteiger partial charge in [-0.25, -0.2) is 4.39 Å². The quantitative estimate of drug-likeness (QED) is 0.885. The maximum atomic E-state index is 13.7. The molecule has 0 radical (unpaired) electrons. The molecule has 0 bridgehead atoms. The second-order valence-electron chi connectivity index (χ2n) is 5.53. The fraction of sp³-hybridized carbons (Fsp3) is 0.600. The number of aliphatic hydroxyl groups is 1. The van der Waals surface area contributed by atoms with Crippen LogP contribution in [-0.4, -0.2) is 42.2 Å². The minimum Gasteiger partial charge on any atom is -0.391 e. The first kappa shape index (κ1) is 12.9. The molecule has 1 unspecified atom stereocenters. The zero-order valence-corrected chi connectivity index (χ0v) is 11.2. The highest BCUT2D eigenvalue weighted by molar-refractivity contribution is 5.54. The summed E-state index contributed by atoms with van der Waals surface area (Å²) < 4.78 is 13.7. The van der Waals surface area contributed by atoms with Gasteiger partial charge in [-0.2, -0.15) is 0 Å². The number of nitrogens with zero attached hydrogens (tertiary/aromatic N) is 2. The molecule has 1 atom stereocenters. The van der Waals surface area contributed by atoms with Crippen LogP contribution in [-0.2, 0) is 6.61 Å². The lowest BCUT2D eigenvalue weighted by atomic mass is 9.98. The first-order valence-corrected chi connectivity index (χ1v) is 7.17. The Bertz CT molecular complexity index is 452. The number of rotatable bonds is 2. The Morgan fingerprint density at radius 1 is 1.21 bits per heavy atom. The van der Waals surface area contributed by atoms with Crippen molar-refractivity contribution in [2.45, 2.75) is 31.9 Å². The Balaban J connectivity index is 1.81. The Labute approximate surface area is 113 Å². The van der Waals surface area contributed by atoms with Gasteiger partial charge in [-0.1, -0.05) is 12.5 Å². The second-order valence-corrected chi connectivity index (χ2v) is 5.53. The van der Waals surface area contributed by atoms with E-state index in [4.69, 9.17) is 0 Å². The highest BCUT2D eigenvalue weighted by Gasteiger charge is 2.29. The molecule has 2 aliphatic heterocycles. The normalized spacial score (nSPS) is 24.3. The Kier molecular flexibility index (Phi) is 3.71. The van der Waals surface area contributed by atoms with Gasteiger partial charge in [-0.05, 0) is 31.5 Å². The van der Waals surface area contributed by atoms with Crippen LogP contribution in [0.2, 0.25) is 0 Å². The second kappa shape index (κ2) is 5.47. The minimum absolute atomic E-state index is 0.229. The van der Waals surface area contributed by atoms with Gasteiger partial charge in [-0.15, -0.1) is 0 Å². The summed E-state index contributed by atoms with van der Waals surface area (Å²) in [5.41, 5.74) is 1.31. The van der Waals surface area contributed by atoms with Crippen LogP contribution < -0.4 is 4.90 Å². The molecule has 2 aliphatic rings. The number of fused-ring (bicyclic) bond motifs is 1. The Morgan fingerprint density at radius 3 is 2.95 bits per heavy atom. The number of piperidine rings is 1. The average molecular weight is 264 g/mol. The molecule has 0 saturated carbocycles. The first-order valence-electron chi connectivity index (χ1n) is 7.17. The molecule has 1 N–H and O–H groups in total. The van der Waals surface area contributed by atoms with Crippen LogP contribution in [0, 0.1) is 5.82 Å². The van der Waals surface area contributed by atoms with Crippen molar-refractivity contribution < 1.29 is 9.50 Å². The van der Waals surface area contributed by atoms with E-state index in [0.29, 0.717) is 11.6 Å². The summed E-state index contributed by atoms with van der Waals surface area (Å²) in [6, 6.07) is 5.67. The molecule has 0 spiro atoms. The van der Waals surface area contributed by atoms with E-state index in [1.54, 1.807) is 6.07 Å². The van der Waals surface area contributed by atoms with E-state index in [1.807, 2.05) is 6.07 Å². The third-order valence-corrected chi connectivity index (χ3v) is 4.43. The van der Waals surface area contributed by atoms with E-state index in [2.05, 4.69) is 9.80 Å². The van der Waals surface area contributed by atoms with E-state index in [0.717, 1.165) is 25.3 Å². The minimum atomic E-state index is -0.300. The van der Waals surface area contributed by atoms with E-state index in [1.165, 1.54) is 31.9 Å². The summed E-state index contributed by atoms with van der Waals surface area (Å²) in [5, 5.41) is 9.39. The molecule has 2 heterocycles. The van der Waals surface area contributed by atoms with E-state index >= 15 is 0 Å². The molecule has 2 saturated heterocycles. The Morgan fingerprint density at radius 2 is 2.11 bits per heavy atom. The van der Waals surface area contributed by atoms with Gasteiger partial charge in [0.15, 0.2) is 0 Å². The largest absolute Gasteiger partial charge is 0.391 e. The summed E-state index contributed by atoms with van der Waals surface area (Å²) in [6.45, 7) is 3.90. The zero-order valence-electron chi connectivity index (χ0n) is 11.2. The summed E-state index contributed by atoms with van der Waals surface area (Å²) in [6.07, 6.45) is 3.84. The van der Waals surface area contributed by atoms with Crippen molar-refractivity contribution in [1.82, 2.24) is 4.90 Å². The summed E-state index contributed by atoms with van der Waals surface area (Å²) in [4.78, 5) is 4.79. The van der Waals surface area contributed by atoms with Crippen LogP contribution in [0.1, 0.15) is 24.8 Å². The van der Waals surface area contributed by atoms with Crippen LogP contribution in [0.25, 0.3) is 0 Å². The molecule has 4 heteroatoms. The number of benzene rings is 1. The van der Waals surface area contributed by atoms with Gasteiger partial charge in [0, 0.05) is 36.9 Å². The third kappa shape index (κ3) is 2.47. The molecule has 104 valence electrons. The van der Waals surface area contributed by atoms with Crippen molar-refractivity contribution in [2.75, 3.05) is 31.1 Å². The van der Waals surface area contributed by atoms with Gasteiger partial charge in [0.05, 0.1) is 6.61 Å². The molecular formula is C15H21FN2O. The van der Waals surface area contributed by atoms with Crippen LogP contribution in [0.15, 0.2) is 18.2 Å². The fourth-order valence-corrected chi connectivity index (χ4v) is 3.37. The van der Waals surface area contributed by atoms with Crippen molar-refractivity contribution in [3.05, 3.63) is 29.6 Å². The predicted octanol–water partition coefficient (Wildman–Crippen LogP) is 1.99. The monoisotopic (exact) mass is 264 g/mol. The van der Waals surface area contributed by atoms with Gasteiger partial charge < -0.3 is 10.0 Å². The predicted molar refractivity (Wildman–Crippen MR) is 73.7 cm³/mol. The number of hydrogen-bond acceptors (Lipinski definition) is 3. The number of piperazine rings is 1. The molecule has 19 heavy (non-hydrogen) atoms. The molecule has 1 aromatic rings. The van der Waals surface area contributed by atoms with Crippen LogP contribution in [0.3, 0.4) is 0 Å². The van der Waals surface area contributed by atoms with Gasteiger partial charge >= 0.3 is 0 Å². The van der Waals surface area contributed by atoms with Gasteiger partial charge in [-0.3, -0.25) is 4.90 Å². The SMILES string of the molecule is OCc1c(F)cccc1N1CCN2CCCCC2C1. The number of aliphatic hydroxyl groups excluding tert-OH is 1. The van der Waals surface area contributed by atoms with Gasteiger partial charge in [0.1, 0.15) is 5.82 Å². The van der Waals surface area contributed by atoms with Crippen molar-refractivity contribution in [1.29, 1.82) is 0 Å². The number of hydrogen-bond donors (Lipinski definition) is 1. The fourth-order valence-electron chi connectivity index (χ4n) is 3.37. The maximum Gasteiger partial charge on any atom is 0.130 e. The first-order chi connectivity index (χ1) is 9.29. The molecule has 2 fully saturated rings. The van der Waals surface area contributed by atoms with Crippen LogP contribution in [0.5, 0.6) is 0 Å². The highest BCUT2D eigenvalue weighted by Crippen LogP contribution is 2.28. The van der Waals surface area contributed by atoms with Crippen molar-refractivity contribution in [2.24, 2.45) is 0 Å². The van der Waals surface area contributed by atoms with Gasteiger partial charge in [0.25, 0.3) is 0 Å². The molecule has 3 nitrogen and oxygen atoms in total. The van der Waals surface area contributed by atoms with E-state index in [-0.39, 0.29) is 12.4 Å². The molecule has 0 aliphatic carbocycles. The smallest absolute Gasteiger partial charge is 0.130 e. The number of halogens is 1. The zero-order chi connectivity index (χ0) is 13.2. The molecule has 1 aromatic carbocycles. The van der Waals surface area contributed by atoms with Crippen LogP contribution in [0.4, 0.5) is 10.1 Å². The van der Waals surface area contributed by atoms with Gasteiger partial charge in [0.2, 0.25) is 0 Å². The maximum absolute atomic E-state index is 13.7.